The van der Waals surface area contributed by atoms with E-state index in [1.54, 1.807) is 4.90 Å². The van der Waals surface area contributed by atoms with E-state index in [0.717, 1.165) is 34.5 Å². The average molecular weight is 288 g/mol. The molecule has 21 heavy (non-hydrogen) atoms. The van der Waals surface area contributed by atoms with E-state index in [0.29, 0.717) is 19.6 Å². The highest BCUT2D eigenvalue weighted by atomic mass is 16.4. The first-order chi connectivity index (χ1) is 10.0. The van der Waals surface area contributed by atoms with E-state index in [1.807, 2.05) is 26.8 Å². The summed E-state index contributed by atoms with van der Waals surface area (Å²) >= 11 is 0. The predicted octanol–water partition coefficient (Wildman–Crippen LogP) is 2.23. The Balaban J connectivity index is 2.10. The molecule has 112 valence electrons. The largest absolute Gasteiger partial charge is 0.498 e. The van der Waals surface area contributed by atoms with Crippen molar-refractivity contribution in [2.24, 2.45) is 0 Å². The number of carbonyl (C=O) groups excluding carboxylic acids is 1. The molecule has 2 amide bonds. The molecule has 0 unspecified atom stereocenters. The van der Waals surface area contributed by atoms with Crippen LogP contribution in [0.3, 0.4) is 0 Å². The monoisotopic (exact) mass is 288 g/mol. The molecule has 1 heterocycles. The van der Waals surface area contributed by atoms with Gasteiger partial charge in [-0.05, 0) is 37.5 Å². The summed E-state index contributed by atoms with van der Waals surface area (Å²) in [6.45, 7) is 8.65. The second-order valence-corrected chi connectivity index (χ2v) is 5.23. The minimum atomic E-state index is -0.0124. The maximum Gasteiger partial charge on any atom is 0.337 e. The molecule has 1 aromatic rings. The molecule has 0 radical (unpaired) electrons. The van der Waals surface area contributed by atoms with Gasteiger partial charge in [0, 0.05) is 36.9 Å². The topological polar surface area (TPSA) is 71.8 Å². The Hall–Kier alpha value is -2.42. The molecule has 1 saturated heterocycles. The predicted molar refractivity (Wildman–Crippen MR) is 83.8 cm³/mol. The van der Waals surface area contributed by atoms with Crippen molar-refractivity contribution in [1.29, 1.82) is 0 Å². The zero-order valence-electron chi connectivity index (χ0n) is 12.6. The Morgan fingerprint density at radius 1 is 1.43 bits per heavy atom. The maximum atomic E-state index is 11.5. The van der Waals surface area contributed by atoms with Crippen molar-refractivity contribution in [1.82, 2.24) is 10.2 Å². The van der Waals surface area contributed by atoms with Crippen LogP contribution in [0.25, 0.3) is 5.01 Å². The summed E-state index contributed by atoms with van der Waals surface area (Å²) in [5.74, 6) is 0. The number of hydrogen-bond donors (Lipinski definition) is 2. The van der Waals surface area contributed by atoms with Crippen molar-refractivity contribution in [3.05, 3.63) is 38.5 Å². The maximum absolute atomic E-state index is 11.5. The molecule has 6 nitrogen and oxygen atoms in total. The molecular weight excluding hydrogens is 268 g/mol. The number of nitrogens with one attached hydrogen (secondary N) is 2. The molecule has 2 N–H and O–H groups in total. The van der Waals surface area contributed by atoms with E-state index in [-0.39, 0.29) is 6.03 Å². The summed E-state index contributed by atoms with van der Waals surface area (Å²) in [6, 6.07) is 4.50. The summed E-state index contributed by atoms with van der Waals surface area (Å²) in [6.07, 6.45) is 0. The molecule has 1 fully saturated rings. The van der Waals surface area contributed by atoms with Crippen LogP contribution in [0.5, 0.6) is 0 Å². The van der Waals surface area contributed by atoms with Gasteiger partial charge in [-0.3, -0.25) is 0 Å². The highest BCUT2D eigenvalue weighted by molar-refractivity contribution is 5.76. The number of carbonyl (C=O) groups is 1. The van der Waals surface area contributed by atoms with Gasteiger partial charge in [0.1, 0.15) is 5.56 Å². The van der Waals surface area contributed by atoms with E-state index in [1.165, 1.54) is 0 Å². The summed E-state index contributed by atoms with van der Waals surface area (Å²) in [5, 5.41) is 19.4. The molecular formula is C15H20N4O2. The smallest absolute Gasteiger partial charge is 0.337 e. The van der Waals surface area contributed by atoms with Crippen LogP contribution in [0.15, 0.2) is 6.07 Å². The third-order valence-corrected chi connectivity index (χ3v) is 3.76. The van der Waals surface area contributed by atoms with Gasteiger partial charge in [-0.25, -0.2) is 4.79 Å². The number of rotatable bonds is 4. The van der Waals surface area contributed by atoms with Crippen molar-refractivity contribution in [2.75, 3.05) is 31.5 Å². The number of hydrogen-bond acceptors (Lipinski definition) is 3. The molecule has 0 bridgehead atoms. The van der Waals surface area contributed by atoms with Gasteiger partial charge in [-0.2, -0.15) is 0 Å². The Kier molecular flexibility index (Phi) is 4.53. The number of nitrogens with zero attached hydrogens (tertiary/aromatic N) is 2. The van der Waals surface area contributed by atoms with E-state index in [4.69, 9.17) is 0 Å². The fraction of sp³-hybridized carbons (Fsp3) is 0.467. The highest BCUT2D eigenvalue weighted by Crippen LogP contribution is 2.26. The van der Waals surface area contributed by atoms with Gasteiger partial charge in [-0.15, -0.1) is 0 Å². The summed E-state index contributed by atoms with van der Waals surface area (Å²) in [5.41, 5.74) is 4.75. The lowest BCUT2D eigenvalue weighted by molar-refractivity contribution is 0.219. The van der Waals surface area contributed by atoms with E-state index in [2.05, 4.69) is 21.7 Å². The van der Waals surface area contributed by atoms with Crippen molar-refractivity contribution < 1.29 is 4.79 Å². The summed E-state index contributed by atoms with van der Waals surface area (Å²) < 4.78 is 0. The van der Waals surface area contributed by atoms with Crippen LogP contribution in [0.4, 0.5) is 10.5 Å². The van der Waals surface area contributed by atoms with Crippen LogP contribution in [-0.2, 0) is 0 Å². The Labute approximate surface area is 124 Å². The zero-order chi connectivity index (χ0) is 15.4. The molecule has 0 spiro atoms. The van der Waals surface area contributed by atoms with Gasteiger partial charge in [0.25, 0.3) is 0 Å². The third-order valence-electron chi connectivity index (χ3n) is 3.76. The third kappa shape index (κ3) is 3.19. The fourth-order valence-corrected chi connectivity index (χ4v) is 2.72. The number of anilines is 1. The SMILES string of the molecule is Cc1cc(C)c(NCCN2CCNC2=O)c(C)c1C#[N+][O-]. The normalized spacial score (nSPS) is 13.7. The van der Waals surface area contributed by atoms with Gasteiger partial charge in [0.15, 0.2) is 0 Å². The van der Waals surface area contributed by atoms with Crippen LogP contribution in [-0.4, -0.2) is 37.1 Å². The molecule has 0 aliphatic carbocycles. The van der Waals surface area contributed by atoms with Gasteiger partial charge < -0.3 is 20.7 Å². The lowest BCUT2D eigenvalue weighted by Crippen LogP contribution is -2.32. The van der Waals surface area contributed by atoms with Crippen LogP contribution in [0.1, 0.15) is 22.3 Å². The standard InChI is InChI=1S/C15H20N4O2/c1-10-8-11(2)14(12(3)13(10)9-18-21)16-4-6-19-7-5-17-15(19)20/h8,16H,4-7H2,1-3H3,(H,17,20). The summed E-state index contributed by atoms with van der Waals surface area (Å²) in [7, 11) is 0. The minimum absolute atomic E-state index is 0.0124. The quantitative estimate of drug-likeness (QED) is 0.835. The molecule has 2 rings (SSSR count). The molecule has 6 heteroatoms. The number of benzene rings is 1. The Morgan fingerprint density at radius 3 is 2.81 bits per heavy atom. The van der Waals surface area contributed by atoms with Crippen molar-refractivity contribution in [2.45, 2.75) is 20.8 Å². The summed E-state index contributed by atoms with van der Waals surface area (Å²) in [4.78, 5) is 13.2. The first-order valence-electron chi connectivity index (χ1n) is 7.00. The Bertz CT molecular complexity index is 616. The van der Waals surface area contributed by atoms with Gasteiger partial charge in [-0.1, -0.05) is 6.07 Å². The molecule has 0 saturated carbocycles. The lowest BCUT2D eigenvalue weighted by atomic mass is 9.98. The Morgan fingerprint density at radius 2 is 2.19 bits per heavy atom. The zero-order valence-corrected chi connectivity index (χ0v) is 12.6. The van der Waals surface area contributed by atoms with E-state index < -0.39 is 0 Å². The lowest BCUT2D eigenvalue weighted by Gasteiger charge is -2.18. The van der Waals surface area contributed by atoms with Crippen molar-refractivity contribution >= 4 is 11.7 Å². The second kappa shape index (κ2) is 6.35. The van der Waals surface area contributed by atoms with E-state index >= 15 is 0 Å². The number of urea groups is 1. The van der Waals surface area contributed by atoms with E-state index in [9.17, 15) is 10.0 Å². The van der Waals surface area contributed by atoms with Crippen LogP contribution < -0.4 is 10.6 Å². The molecule has 1 aliphatic rings. The first-order valence-corrected chi connectivity index (χ1v) is 7.00. The minimum Gasteiger partial charge on any atom is -0.498 e. The van der Waals surface area contributed by atoms with Gasteiger partial charge in [0.2, 0.25) is 0 Å². The van der Waals surface area contributed by atoms with Crippen LogP contribution >= 0.6 is 0 Å². The van der Waals surface area contributed by atoms with Crippen molar-refractivity contribution in [3.8, 4) is 6.07 Å². The molecule has 0 aromatic heterocycles. The molecule has 1 aromatic carbocycles. The molecule has 1 aliphatic heterocycles. The van der Waals surface area contributed by atoms with Gasteiger partial charge >= 0.3 is 12.1 Å². The number of amides is 2. The van der Waals surface area contributed by atoms with Crippen molar-refractivity contribution in [3.63, 3.8) is 0 Å². The second-order valence-electron chi connectivity index (χ2n) is 5.23. The first kappa shape index (κ1) is 15.0. The number of aryl methyl sites for hydroxylation is 2. The fourth-order valence-electron chi connectivity index (χ4n) is 2.72. The highest BCUT2D eigenvalue weighted by Gasteiger charge is 2.19. The average Bonchev–Trinajstić information content (AvgIpc) is 2.84. The molecule has 0 atom stereocenters. The van der Waals surface area contributed by atoms with Crippen LogP contribution in [0.2, 0.25) is 0 Å². The van der Waals surface area contributed by atoms with Crippen LogP contribution in [0, 0.1) is 32.0 Å². The van der Waals surface area contributed by atoms with Gasteiger partial charge in [0.05, 0.1) is 0 Å².